The fourth-order valence-corrected chi connectivity index (χ4v) is 4.25. The first-order valence-corrected chi connectivity index (χ1v) is 13.3. The molecule has 0 spiro atoms. The SMILES string of the molecule is C=C(O)/C(=C\C=C(/C(C)CC)N(C)CC1C(=O)C(C)=C(CC)C1=O)C(C)(F)F.CCCCCC(C)C. The molecule has 0 heterocycles. The first kappa shape index (κ1) is 33.8. The highest BCUT2D eigenvalue weighted by Gasteiger charge is 2.38. The summed E-state index contributed by atoms with van der Waals surface area (Å²) < 4.78 is 27.4. The van der Waals surface area contributed by atoms with Crippen LogP contribution in [-0.2, 0) is 9.59 Å². The van der Waals surface area contributed by atoms with Crippen molar-refractivity contribution >= 4 is 11.6 Å². The van der Waals surface area contributed by atoms with Gasteiger partial charge in [0, 0.05) is 31.8 Å². The lowest BCUT2D eigenvalue weighted by molar-refractivity contribution is -0.127. The maximum atomic E-state index is 13.7. The second-order valence-electron chi connectivity index (χ2n) is 10.3. The van der Waals surface area contributed by atoms with E-state index in [2.05, 4.69) is 27.4 Å². The van der Waals surface area contributed by atoms with Crippen LogP contribution in [0.15, 0.2) is 46.9 Å². The molecule has 0 fully saturated rings. The molecule has 0 radical (unpaired) electrons. The van der Waals surface area contributed by atoms with Crippen LogP contribution in [0.5, 0.6) is 0 Å². The third kappa shape index (κ3) is 10.4. The second-order valence-corrected chi connectivity index (χ2v) is 10.3. The van der Waals surface area contributed by atoms with Crippen molar-refractivity contribution in [1.82, 2.24) is 4.90 Å². The molecule has 0 saturated heterocycles. The molecule has 0 amide bonds. The number of aliphatic hydroxyl groups is 1. The summed E-state index contributed by atoms with van der Waals surface area (Å²) in [5.41, 5.74) is 1.22. The van der Waals surface area contributed by atoms with Gasteiger partial charge in [0.1, 0.15) is 11.7 Å². The number of alkyl halides is 2. The van der Waals surface area contributed by atoms with Gasteiger partial charge in [0.05, 0.1) is 5.57 Å². The molecule has 1 N–H and O–H groups in total. The molecule has 1 aliphatic carbocycles. The monoisotopic (exact) mass is 509 g/mol. The minimum absolute atomic E-state index is 0.00578. The van der Waals surface area contributed by atoms with Crippen LogP contribution >= 0.6 is 0 Å². The normalized spacial score (nSPS) is 17.9. The van der Waals surface area contributed by atoms with Crippen molar-refractivity contribution in [2.75, 3.05) is 13.6 Å². The number of halogens is 2. The molecule has 0 aliphatic heterocycles. The molecule has 0 bridgehead atoms. The summed E-state index contributed by atoms with van der Waals surface area (Å²) in [6, 6.07) is 0. The number of aliphatic hydroxyl groups excluding tert-OH is 1. The van der Waals surface area contributed by atoms with E-state index in [-0.39, 0.29) is 24.0 Å². The Morgan fingerprint density at radius 1 is 1.11 bits per heavy atom. The zero-order valence-corrected chi connectivity index (χ0v) is 24.0. The van der Waals surface area contributed by atoms with Gasteiger partial charge in [0.15, 0.2) is 11.6 Å². The van der Waals surface area contributed by atoms with Gasteiger partial charge in [-0.3, -0.25) is 9.59 Å². The molecule has 1 aliphatic rings. The molecule has 1 rings (SSSR count). The van der Waals surface area contributed by atoms with Crippen molar-refractivity contribution in [2.24, 2.45) is 17.8 Å². The van der Waals surface area contributed by atoms with Crippen molar-refractivity contribution in [2.45, 2.75) is 99.8 Å². The van der Waals surface area contributed by atoms with Crippen molar-refractivity contribution < 1.29 is 23.5 Å². The van der Waals surface area contributed by atoms with Crippen LogP contribution < -0.4 is 0 Å². The van der Waals surface area contributed by atoms with Gasteiger partial charge in [-0.1, -0.05) is 73.8 Å². The first-order chi connectivity index (χ1) is 16.6. The quantitative estimate of drug-likeness (QED) is 0.118. The Labute approximate surface area is 218 Å². The minimum Gasteiger partial charge on any atom is -0.508 e. The molecule has 6 heteroatoms. The van der Waals surface area contributed by atoms with Gasteiger partial charge in [-0.05, 0) is 49.3 Å². The predicted molar refractivity (Wildman–Crippen MR) is 146 cm³/mol. The van der Waals surface area contributed by atoms with Crippen LogP contribution in [0.25, 0.3) is 0 Å². The summed E-state index contributed by atoms with van der Waals surface area (Å²) in [6.07, 6.45) is 9.52. The van der Waals surface area contributed by atoms with Crippen LogP contribution in [0.4, 0.5) is 8.78 Å². The third-order valence-corrected chi connectivity index (χ3v) is 6.71. The van der Waals surface area contributed by atoms with E-state index in [4.69, 9.17) is 0 Å². The van der Waals surface area contributed by atoms with E-state index in [1.54, 1.807) is 18.9 Å². The number of carbonyl (C=O) groups excluding carboxylic acids is 2. The Morgan fingerprint density at radius 2 is 1.69 bits per heavy atom. The van der Waals surface area contributed by atoms with Crippen LogP contribution in [0.1, 0.15) is 93.9 Å². The van der Waals surface area contributed by atoms with Crippen molar-refractivity contribution in [3.8, 4) is 0 Å². The van der Waals surface area contributed by atoms with Gasteiger partial charge in [0.2, 0.25) is 0 Å². The maximum absolute atomic E-state index is 13.7. The minimum atomic E-state index is -3.24. The van der Waals surface area contributed by atoms with E-state index in [0.29, 0.717) is 30.2 Å². The van der Waals surface area contributed by atoms with Gasteiger partial charge in [0.25, 0.3) is 5.92 Å². The Morgan fingerprint density at radius 3 is 2.08 bits per heavy atom. The van der Waals surface area contributed by atoms with Crippen LogP contribution in [-0.4, -0.2) is 41.1 Å². The molecule has 0 aromatic heterocycles. The number of hydrogen-bond acceptors (Lipinski definition) is 4. The van der Waals surface area contributed by atoms with E-state index in [9.17, 15) is 23.5 Å². The summed E-state index contributed by atoms with van der Waals surface area (Å²) >= 11 is 0. The van der Waals surface area contributed by atoms with Gasteiger partial charge in [-0.25, -0.2) is 8.78 Å². The Kier molecular flexibility index (Phi) is 14.8. The predicted octanol–water partition coefficient (Wildman–Crippen LogP) is 8.22. The summed E-state index contributed by atoms with van der Waals surface area (Å²) in [7, 11) is 1.74. The molecule has 0 saturated carbocycles. The van der Waals surface area contributed by atoms with Crippen molar-refractivity contribution in [3.05, 3.63) is 46.9 Å². The highest BCUT2D eigenvalue weighted by molar-refractivity contribution is 6.24. The van der Waals surface area contributed by atoms with Crippen LogP contribution in [0.3, 0.4) is 0 Å². The average Bonchev–Trinajstić information content (AvgIpc) is 2.97. The number of allylic oxidation sites excluding steroid dienone is 6. The molecule has 0 aromatic rings. The smallest absolute Gasteiger partial charge is 0.274 e. The van der Waals surface area contributed by atoms with Crippen LogP contribution in [0, 0.1) is 17.8 Å². The number of nitrogens with zero attached hydrogens (tertiary/aromatic N) is 1. The number of Topliss-reactive ketones (excluding diaryl/α,β-unsaturated/α-hetero) is 2. The number of carbonyl (C=O) groups is 2. The molecule has 2 unspecified atom stereocenters. The van der Waals surface area contributed by atoms with Gasteiger partial charge in [-0.2, -0.15) is 0 Å². The summed E-state index contributed by atoms with van der Waals surface area (Å²) in [5, 5.41) is 9.50. The van der Waals surface area contributed by atoms with E-state index >= 15 is 0 Å². The van der Waals surface area contributed by atoms with Gasteiger partial charge < -0.3 is 10.0 Å². The topological polar surface area (TPSA) is 57.6 Å². The second kappa shape index (κ2) is 15.8. The number of ketones is 2. The summed E-state index contributed by atoms with van der Waals surface area (Å²) in [6.45, 7) is 18.3. The fourth-order valence-electron chi connectivity index (χ4n) is 4.25. The molecule has 2 atom stereocenters. The molecular formula is C30H49F2NO3. The Hall–Kier alpha value is -2.24. The lowest BCUT2D eigenvalue weighted by atomic mass is 9.97. The molecule has 36 heavy (non-hydrogen) atoms. The fraction of sp³-hybridized carbons (Fsp3) is 0.667. The highest BCUT2D eigenvalue weighted by atomic mass is 19.3. The van der Waals surface area contributed by atoms with E-state index < -0.39 is 23.2 Å². The van der Waals surface area contributed by atoms with E-state index in [1.807, 2.05) is 20.8 Å². The molecule has 4 nitrogen and oxygen atoms in total. The molecule has 206 valence electrons. The number of rotatable bonds is 13. The van der Waals surface area contributed by atoms with Gasteiger partial charge in [-0.15, -0.1) is 0 Å². The largest absolute Gasteiger partial charge is 0.508 e. The molecule has 0 aromatic carbocycles. The van der Waals surface area contributed by atoms with Crippen LogP contribution in [0.2, 0.25) is 0 Å². The third-order valence-electron chi connectivity index (χ3n) is 6.71. The average molecular weight is 510 g/mol. The lowest BCUT2D eigenvalue weighted by Gasteiger charge is -2.29. The molecular weight excluding hydrogens is 460 g/mol. The summed E-state index contributed by atoms with van der Waals surface area (Å²) in [5.74, 6) is -4.11. The number of unbranched alkanes of at least 4 members (excludes halogenated alkanes) is 2. The zero-order valence-electron chi connectivity index (χ0n) is 24.0. The standard InChI is InChI=1S/C22H31F2NO3.C8H18/c1-8-13(3)19(11-10-18(15(5)26)22(6,23)24)25(7)12-17-20(27)14(4)16(9-2)21(17)28;1-4-5-6-7-8(2)3/h10-11,13,17,26H,5,8-9,12H2,1-4,6-7H3;8H,4-7H2,1-3H3/b18-10+,19-11+;. The Bertz CT molecular complexity index is 847. The highest BCUT2D eigenvalue weighted by Crippen LogP contribution is 2.31. The van der Waals surface area contributed by atoms with Crippen molar-refractivity contribution in [3.63, 3.8) is 0 Å². The summed E-state index contributed by atoms with van der Waals surface area (Å²) in [4.78, 5) is 26.8. The lowest BCUT2D eigenvalue weighted by Crippen LogP contribution is -2.34. The van der Waals surface area contributed by atoms with E-state index in [1.165, 1.54) is 31.8 Å². The number of hydrogen-bond donors (Lipinski definition) is 1. The zero-order chi connectivity index (χ0) is 28.2. The van der Waals surface area contributed by atoms with Crippen molar-refractivity contribution in [1.29, 1.82) is 0 Å². The van der Waals surface area contributed by atoms with Gasteiger partial charge >= 0.3 is 0 Å². The first-order valence-electron chi connectivity index (χ1n) is 13.3. The van der Waals surface area contributed by atoms with E-state index in [0.717, 1.165) is 18.4 Å². The maximum Gasteiger partial charge on any atom is 0.274 e. The Balaban J connectivity index is 0.00000131.